The summed E-state index contributed by atoms with van der Waals surface area (Å²) in [5, 5.41) is 3.22. The normalized spacial score (nSPS) is 18.7. The molecule has 3 rings (SSSR count). The van der Waals surface area contributed by atoms with Gasteiger partial charge in [-0.25, -0.2) is 9.69 Å². The number of hydrogen-bond donors (Lipinski definition) is 2. The summed E-state index contributed by atoms with van der Waals surface area (Å²) in [6.45, 7) is 3.04. The first-order chi connectivity index (χ1) is 11.9. The summed E-state index contributed by atoms with van der Waals surface area (Å²) in [7, 11) is 0. The molecule has 9 nitrogen and oxygen atoms in total. The van der Waals surface area contributed by atoms with Crippen LogP contribution < -0.4 is 11.1 Å². The second-order valence-corrected chi connectivity index (χ2v) is 6.07. The van der Waals surface area contributed by atoms with Crippen LogP contribution in [0.15, 0.2) is 28.9 Å². The zero-order chi connectivity index (χ0) is 18.1. The van der Waals surface area contributed by atoms with Gasteiger partial charge in [0.15, 0.2) is 12.8 Å². The van der Waals surface area contributed by atoms with E-state index in [1.807, 2.05) is 0 Å². The van der Waals surface area contributed by atoms with E-state index in [0.717, 1.165) is 4.90 Å². The van der Waals surface area contributed by atoms with Crippen molar-refractivity contribution in [1.82, 2.24) is 15.2 Å². The van der Waals surface area contributed by atoms with Gasteiger partial charge in [0.05, 0.1) is 0 Å². The molecule has 2 aromatic rings. The van der Waals surface area contributed by atoms with E-state index in [-0.39, 0.29) is 11.7 Å². The number of hydrogen-bond acceptors (Lipinski definition) is 7. The quantitative estimate of drug-likeness (QED) is 0.608. The lowest BCUT2D eigenvalue weighted by atomic mass is 10.1. The van der Waals surface area contributed by atoms with Crippen molar-refractivity contribution in [2.45, 2.75) is 25.9 Å². The van der Waals surface area contributed by atoms with E-state index in [0.29, 0.717) is 11.0 Å². The Morgan fingerprint density at radius 2 is 2.24 bits per heavy atom. The highest BCUT2D eigenvalue weighted by Gasteiger charge is 2.41. The molecule has 3 N–H and O–H groups in total. The smallest absolute Gasteiger partial charge is 0.327 e. The van der Waals surface area contributed by atoms with Gasteiger partial charge >= 0.3 is 12.0 Å². The SMILES string of the molecule is CC(C)C(N)C(=O)OCN1C(=O)NC(c2cc3cnccc3o2)C1=O. The molecule has 1 saturated heterocycles. The number of carbonyl (C=O) groups excluding carboxylic acids is 3. The highest BCUT2D eigenvalue weighted by atomic mass is 16.5. The largest absolute Gasteiger partial charge is 0.458 e. The third-order valence-corrected chi connectivity index (χ3v) is 3.97. The van der Waals surface area contributed by atoms with Gasteiger partial charge in [0, 0.05) is 17.8 Å². The third kappa shape index (κ3) is 3.18. The van der Waals surface area contributed by atoms with E-state index in [4.69, 9.17) is 14.9 Å². The van der Waals surface area contributed by atoms with Crippen molar-refractivity contribution in [3.05, 3.63) is 30.3 Å². The topological polar surface area (TPSA) is 128 Å². The average molecular weight is 346 g/mol. The van der Waals surface area contributed by atoms with Crippen molar-refractivity contribution in [2.75, 3.05) is 6.73 Å². The molecule has 0 radical (unpaired) electrons. The Bertz CT molecular complexity index is 798. The molecule has 3 heterocycles. The average Bonchev–Trinajstić information content (AvgIpc) is 3.13. The molecule has 2 atom stereocenters. The van der Waals surface area contributed by atoms with Crippen LogP contribution in [0.25, 0.3) is 11.0 Å². The Kier molecular flexibility index (Phi) is 4.41. The molecular formula is C16H18N4O5. The van der Waals surface area contributed by atoms with Crippen LogP contribution in [0.3, 0.4) is 0 Å². The van der Waals surface area contributed by atoms with Gasteiger partial charge in [-0.3, -0.25) is 14.6 Å². The van der Waals surface area contributed by atoms with Crippen molar-refractivity contribution in [3.8, 4) is 0 Å². The number of fused-ring (bicyclic) bond motifs is 1. The summed E-state index contributed by atoms with van der Waals surface area (Å²) in [4.78, 5) is 41.0. The van der Waals surface area contributed by atoms with Crippen molar-refractivity contribution < 1.29 is 23.5 Å². The van der Waals surface area contributed by atoms with Crippen molar-refractivity contribution in [1.29, 1.82) is 0 Å². The first-order valence-corrected chi connectivity index (χ1v) is 7.76. The number of nitrogens with zero attached hydrogens (tertiary/aromatic N) is 2. The minimum absolute atomic E-state index is 0.118. The molecule has 1 aliphatic rings. The van der Waals surface area contributed by atoms with Gasteiger partial charge in [-0.1, -0.05) is 13.8 Å². The number of furan rings is 1. The first kappa shape index (κ1) is 16.9. The summed E-state index contributed by atoms with van der Waals surface area (Å²) < 4.78 is 10.6. The zero-order valence-corrected chi connectivity index (χ0v) is 13.8. The van der Waals surface area contributed by atoms with Crippen LogP contribution in [0.1, 0.15) is 25.6 Å². The standard InChI is InChI=1S/C16H18N4O5/c1-8(2)12(17)15(22)24-7-20-14(21)13(19-16(20)23)11-5-9-6-18-4-3-10(9)25-11/h3-6,8,12-13H,7,17H2,1-2H3,(H,19,23). The lowest BCUT2D eigenvalue weighted by Crippen LogP contribution is -2.41. The second-order valence-electron chi connectivity index (χ2n) is 6.07. The maximum Gasteiger partial charge on any atom is 0.327 e. The molecule has 9 heteroatoms. The number of rotatable bonds is 5. The highest BCUT2D eigenvalue weighted by Crippen LogP contribution is 2.27. The Hall–Kier alpha value is -2.94. The van der Waals surface area contributed by atoms with Crippen LogP contribution in [0.4, 0.5) is 4.79 Å². The van der Waals surface area contributed by atoms with Gasteiger partial charge in [-0.05, 0) is 18.1 Å². The fourth-order valence-electron chi connectivity index (χ4n) is 2.38. The zero-order valence-electron chi connectivity index (χ0n) is 13.8. The van der Waals surface area contributed by atoms with Gasteiger partial charge in [-0.2, -0.15) is 0 Å². The Labute approximate surface area is 143 Å². The van der Waals surface area contributed by atoms with E-state index in [9.17, 15) is 14.4 Å². The Morgan fingerprint density at radius 1 is 1.48 bits per heavy atom. The van der Waals surface area contributed by atoms with Gasteiger partial charge in [0.1, 0.15) is 17.4 Å². The first-order valence-electron chi connectivity index (χ1n) is 7.76. The van der Waals surface area contributed by atoms with Crippen molar-refractivity contribution in [3.63, 3.8) is 0 Å². The van der Waals surface area contributed by atoms with Gasteiger partial charge in [0.2, 0.25) is 0 Å². The number of imide groups is 1. The Morgan fingerprint density at radius 3 is 2.92 bits per heavy atom. The Balaban J connectivity index is 1.71. The molecule has 1 fully saturated rings. The predicted octanol–water partition coefficient (Wildman–Crippen LogP) is 0.905. The summed E-state index contributed by atoms with van der Waals surface area (Å²) in [5.74, 6) is -1.07. The number of pyridine rings is 1. The van der Waals surface area contributed by atoms with E-state index in [1.54, 1.807) is 38.4 Å². The lowest BCUT2D eigenvalue weighted by Gasteiger charge is -2.17. The van der Waals surface area contributed by atoms with Crippen LogP contribution in [-0.4, -0.2) is 40.6 Å². The van der Waals surface area contributed by atoms with Crippen LogP contribution in [0.2, 0.25) is 0 Å². The number of nitrogens with one attached hydrogen (secondary N) is 1. The number of carbonyl (C=O) groups is 3. The van der Waals surface area contributed by atoms with Gasteiger partial charge in [0.25, 0.3) is 5.91 Å². The van der Waals surface area contributed by atoms with E-state index in [2.05, 4.69) is 10.3 Å². The van der Waals surface area contributed by atoms with Crippen LogP contribution in [-0.2, 0) is 14.3 Å². The summed E-state index contributed by atoms with van der Waals surface area (Å²) in [5.41, 5.74) is 6.23. The van der Waals surface area contributed by atoms with E-state index >= 15 is 0 Å². The molecule has 2 aromatic heterocycles. The number of nitrogens with two attached hydrogens (primary N) is 1. The molecule has 0 saturated carbocycles. The van der Waals surface area contributed by atoms with Crippen LogP contribution in [0.5, 0.6) is 0 Å². The maximum atomic E-state index is 12.5. The third-order valence-electron chi connectivity index (χ3n) is 3.97. The number of ether oxygens (including phenoxy) is 1. The maximum absolute atomic E-state index is 12.5. The van der Waals surface area contributed by atoms with Crippen LogP contribution >= 0.6 is 0 Å². The molecule has 2 unspecified atom stereocenters. The van der Waals surface area contributed by atoms with E-state index < -0.39 is 36.7 Å². The number of amides is 3. The molecule has 3 amide bonds. The lowest BCUT2D eigenvalue weighted by molar-refractivity contribution is -0.152. The number of aromatic nitrogens is 1. The van der Waals surface area contributed by atoms with E-state index in [1.165, 1.54) is 0 Å². The van der Waals surface area contributed by atoms with Crippen molar-refractivity contribution in [2.24, 2.45) is 11.7 Å². The molecule has 0 bridgehead atoms. The summed E-state index contributed by atoms with van der Waals surface area (Å²) in [6, 6.07) is 0.832. The van der Waals surface area contributed by atoms with Crippen LogP contribution in [0, 0.1) is 5.92 Å². The molecule has 0 aromatic carbocycles. The highest BCUT2D eigenvalue weighted by molar-refractivity contribution is 6.04. The monoisotopic (exact) mass is 346 g/mol. The molecule has 0 aliphatic carbocycles. The molecule has 132 valence electrons. The fraction of sp³-hybridized carbons (Fsp3) is 0.375. The molecule has 1 aliphatic heterocycles. The molecule has 0 spiro atoms. The van der Waals surface area contributed by atoms with Crippen molar-refractivity contribution >= 4 is 28.9 Å². The fourth-order valence-corrected chi connectivity index (χ4v) is 2.38. The summed E-state index contributed by atoms with van der Waals surface area (Å²) >= 11 is 0. The minimum atomic E-state index is -0.975. The van der Waals surface area contributed by atoms with Gasteiger partial charge < -0.3 is 20.2 Å². The summed E-state index contributed by atoms with van der Waals surface area (Å²) in [6.07, 6.45) is 3.16. The number of esters is 1. The molecule has 25 heavy (non-hydrogen) atoms. The second kappa shape index (κ2) is 6.52. The predicted molar refractivity (Wildman–Crippen MR) is 85.9 cm³/mol. The van der Waals surface area contributed by atoms with Gasteiger partial charge in [-0.15, -0.1) is 0 Å². The minimum Gasteiger partial charge on any atom is -0.458 e. The number of urea groups is 1. The molecular weight excluding hydrogens is 328 g/mol.